The number of thioether (sulfide) groups is 1. The molecule has 2 saturated heterocycles. The molecule has 3 atom stereocenters. The minimum Gasteiger partial charge on any atom is -0.374 e. The lowest BCUT2D eigenvalue weighted by Crippen LogP contribution is -2.42. The van der Waals surface area contributed by atoms with Crippen LogP contribution in [-0.4, -0.2) is 33.3 Å². The van der Waals surface area contributed by atoms with Gasteiger partial charge in [0.05, 0.1) is 16.2 Å². The van der Waals surface area contributed by atoms with E-state index in [1.165, 1.54) is 28.6 Å². The average Bonchev–Trinajstić information content (AvgIpc) is 3.07. The average molecular weight is 299 g/mol. The van der Waals surface area contributed by atoms with Crippen LogP contribution in [-0.2, 0) is 11.2 Å². The van der Waals surface area contributed by atoms with Gasteiger partial charge in [0.15, 0.2) is 0 Å². The Morgan fingerprint density at radius 3 is 3.21 bits per heavy atom. The Labute approximate surface area is 122 Å². The Morgan fingerprint density at radius 1 is 1.58 bits per heavy atom. The molecule has 1 aromatic rings. The standard InChI is InChI=1S/C13H21N3OS2/c1-2-10-12(19-16-15-10)11(14)9-3-5-17-13(7-9)4-6-18-8-13/h9,11H,2-8,14H2,1H3. The van der Waals surface area contributed by atoms with Gasteiger partial charge in [0.25, 0.3) is 0 Å². The number of ether oxygens (including phenoxy) is 1. The largest absolute Gasteiger partial charge is 0.374 e. The van der Waals surface area contributed by atoms with Crippen LogP contribution in [0.15, 0.2) is 0 Å². The van der Waals surface area contributed by atoms with Crippen molar-refractivity contribution < 1.29 is 4.74 Å². The second-order valence-corrected chi connectivity index (χ2v) is 7.44. The van der Waals surface area contributed by atoms with Gasteiger partial charge in [-0.15, -0.1) is 5.10 Å². The monoisotopic (exact) mass is 299 g/mol. The smallest absolute Gasteiger partial charge is 0.0801 e. The number of rotatable bonds is 3. The summed E-state index contributed by atoms with van der Waals surface area (Å²) < 4.78 is 10.2. The number of hydrogen-bond acceptors (Lipinski definition) is 6. The van der Waals surface area contributed by atoms with E-state index in [-0.39, 0.29) is 11.6 Å². The molecule has 0 amide bonds. The molecule has 0 saturated carbocycles. The fraction of sp³-hybridized carbons (Fsp3) is 0.846. The van der Waals surface area contributed by atoms with Crippen LogP contribution in [0.5, 0.6) is 0 Å². The van der Waals surface area contributed by atoms with Gasteiger partial charge in [-0.1, -0.05) is 11.4 Å². The second kappa shape index (κ2) is 5.68. The first-order chi connectivity index (χ1) is 9.24. The summed E-state index contributed by atoms with van der Waals surface area (Å²) in [5, 5.41) is 4.19. The molecular weight excluding hydrogens is 278 g/mol. The molecule has 3 rings (SSSR count). The summed E-state index contributed by atoms with van der Waals surface area (Å²) in [6.45, 7) is 2.97. The predicted octanol–water partition coefficient (Wildman–Crippen LogP) is 2.40. The quantitative estimate of drug-likeness (QED) is 0.928. The molecule has 0 aromatic carbocycles. The highest BCUT2D eigenvalue weighted by atomic mass is 32.2. The summed E-state index contributed by atoms with van der Waals surface area (Å²) in [6.07, 6.45) is 4.27. The number of nitrogens with zero attached hydrogens (tertiary/aromatic N) is 2. The van der Waals surface area contributed by atoms with Crippen LogP contribution >= 0.6 is 23.3 Å². The molecule has 3 unspecified atom stereocenters. The van der Waals surface area contributed by atoms with Crippen LogP contribution in [0.3, 0.4) is 0 Å². The molecule has 0 bridgehead atoms. The molecule has 106 valence electrons. The minimum atomic E-state index is 0.0846. The molecule has 0 aliphatic carbocycles. The van der Waals surface area contributed by atoms with Crippen LogP contribution < -0.4 is 5.73 Å². The van der Waals surface area contributed by atoms with E-state index in [2.05, 4.69) is 16.5 Å². The molecular formula is C13H21N3OS2. The second-order valence-electron chi connectivity index (χ2n) is 5.55. The zero-order chi connectivity index (χ0) is 13.3. The first-order valence-electron chi connectivity index (χ1n) is 7.02. The molecule has 3 heterocycles. The van der Waals surface area contributed by atoms with Crippen molar-refractivity contribution in [2.45, 2.75) is 44.2 Å². The first kappa shape index (κ1) is 13.8. The Morgan fingerprint density at radius 2 is 2.47 bits per heavy atom. The van der Waals surface area contributed by atoms with E-state index in [4.69, 9.17) is 10.5 Å². The van der Waals surface area contributed by atoms with Crippen LogP contribution in [0.2, 0.25) is 0 Å². The molecule has 6 heteroatoms. The van der Waals surface area contributed by atoms with E-state index in [1.54, 1.807) is 0 Å². The third kappa shape index (κ3) is 2.68. The van der Waals surface area contributed by atoms with E-state index < -0.39 is 0 Å². The van der Waals surface area contributed by atoms with Crippen molar-refractivity contribution in [3.8, 4) is 0 Å². The predicted molar refractivity (Wildman–Crippen MR) is 79.6 cm³/mol. The molecule has 2 aliphatic rings. The molecule has 0 radical (unpaired) electrons. The highest BCUT2D eigenvalue weighted by molar-refractivity contribution is 7.99. The van der Waals surface area contributed by atoms with E-state index in [9.17, 15) is 0 Å². The molecule has 1 spiro atoms. The molecule has 2 fully saturated rings. The molecule has 1 aromatic heterocycles. The van der Waals surface area contributed by atoms with E-state index >= 15 is 0 Å². The third-order valence-electron chi connectivity index (χ3n) is 4.33. The lowest BCUT2D eigenvalue weighted by Gasteiger charge is -2.39. The van der Waals surface area contributed by atoms with Crippen molar-refractivity contribution in [3.63, 3.8) is 0 Å². The van der Waals surface area contributed by atoms with Gasteiger partial charge in [0, 0.05) is 18.4 Å². The zero-order valence-electron chi connectivity index (χ0n) is 11.3. The normalized spacial score (nSPS) is 32.8. The van der Waals surface area contributed by atoms with Crippen molar-refractivity contribution in [1.82, 2.24) is 9.59 Å². The highest BCUT2D eigenvalue weighted by Crippen LogP contribution is 2.44. The zero-order valence-corrected chi connectivity index (χ0v) is 12.9. The maximum absolute atomic E-state index is 6.51. The number of nitrogens with two attached hydrogens (primary N) is 1. The SMILES string of the molecule is CCc1nnsc1C(N)C1CCOC2(CCSC2)C1. The van der Waals surface area contributed by atoms with E-state index in [0.717, 1.165) is 37.3 Å². The molecule has 4 nitrogen and oxygen atoms in total. The summed E-state index contributed by atoms with van der Waals surface area (Å²) in [7, 11) is 0. The molecule has 19 heavy (non-hydrogen) atoms. The van der Waals surface area contributed by atoms with Crippen molar-refractivity contribution in [1.29, 1.82) is 0 Å². The van der Waals surface area contributed by atoms with Crippen LogP contribution in [0.4, 0.5) is 0 Å². The van der Waals surface area contributed by atoms with E-state index in [0.29, 0.717) is 5.92 Å². The maximum Gasteiger partial charge on any atom is 0.0801 e. The lowest BCUT2D eigenvalue weighted by molar-refractivity contribution is -0.0833. The van der Waals surface area contributed by atoms with Crippen molar-refractivity contribution in [2.24, 2.45) is 11.7 Å². The van der Waals surface area contributed by atoms with Gasteiger partial charge in [0.1, 0.15) is 0 Å². The summed E-state index contributed by atoms with van der Waals surface area (Å²) in [4.78, 5) is 1.19. The number of aryl methyl sites for hydroxylation is 1. The summed E-state index contributed by atoms with van der Waals surface area (Å²) >= 11 is 3.49. The summed E-state index contributed by atoms with van der Waals surface area (Å²) in [5.74, 6) is 2.88. The molecule has 2 aliphatic heterocycles. The number of aromatic nitrogens is 2. The minimum absolute atomic E-state index is 0.0846. The van der Waals surface area contributed by atoms with Crippen molar-refractivity contribution in [3.05, 3.63) is 10.6 Å². The van der Waals surface area contributed by atoms with Crippen molar-refractivity contribution in [2.75, 3.05) is 18.1 Å². The Bertz CT molecular complexity index is 431. The van der Waals surface area contributed by atoms with Gasteiger partial charge in [0.2, 0.25) is 0 Å². The van der Waals surface area contributed by atoms with Gasteiger partial charge in [-0.05, 0) is 48.9 Å². The van der Waals surface area contributed by atoms with Gasteiger partial charge in [-0.2, -0.15) is 11.8 Å². The van der Waals surface area contributed by atoms with Gasteiger partial charge >= 0.3 is 0 Å². The Balaban J connectivity index is 1.74. The van der Waals surface area contributed by atoms with Crippen LogP contribution in [0.1, 0.15) is 42.8 Å². The van der Waals surface area contributed by atoms with E-state index in [1.807, 2.05) is 11.8 Å². The lowest BCUT2D eigenvalue weighted by atomic mass is 9.81. The fourth-order valence-electron chi connectivity index (χ4n) is 3.16. The Kier molecular flexibility index (Phi) is 4.12. The van der Waals surface area contributed by atoms with Gasteiger partial charge in [-0.25, -0.2) is 0 Å². The maximum atomic E-state index is 6.51. The highest BCUT2D eigenvalue weighted by Gasteiger charge is 2.42. The summed E-state index contributed by atoms with van der Waals surface area (Å²) in [5.41, 5.74) is 7.70. The van der Waals surface area contributed by atoms with Crippen LogP contribution in [0, 0.1) is 5.92 Å². The van der Waals surface area contributed by atoms with Gasteiger partial charge in [-0.3, -0.25) is 0 Å². The van der Waals surface area contributed by atoms with Gasteiger partial charge < -0.3 is 10.5 Å². The Hall–Kier alpha value is -0.170. The van der Waals surface area contributed by atoms with Crippen LogP contribution in [0.25, 0.3) is 0 Å². The first-order valence-corrected chi connectivity index (χ1v) is 8.95. The fourth-order valence-corrected chi connectivity index (χ4v) is 5.37. The third-order valence-corrected chi connectivity index (χ3v) is 6.42. The van der Waals surface area contributed by atoms with Crippen molar-refractivity contribution >= 4 is 23.3 Å². The summed E-state index contributed by atoms with van der Waals surface area (Å²) in [6, 6.07) is 0.0846. The molecule has 2 N–H and O–H groups in total. The topological polar surface area (TPSA) is 61.0 Å². The number of hydrogen-bond donors (Lipinski definition) is 1.